The van der Waals surface area contributed by atoms with Gasteiger partial charge in [0.15, 0.2) is 0 Å². The molecule has 1 aromatic carbocycles. The minimum Gasteiger partial charge on any atom is -0.469 e. The number of hydrogen-bond donors (Lipinski definition) is 0. The van der Waals surface area contributed by atoms with E-state index < -0.39 is 0 Å². The van der Waals surface area contributed by atoms with Gasteiger partial charge in [0.05, 0.1) is 13.5 Å². The number of rotatable bonds is 9. The first-order chi connectivity index (χ1) is 10.6. The second-order valence-corrected chi connectivity index (χ2v) is 5.19. The molecule has 1 aromatic rings. The van der Waals surface area contributed by atoms with E-state index in [1.807, 2.05) is 0 Å². The first-order valence-corrected chi connectivity index (χ1v) is 7.70. The second kappa shape index (κ2) is 9.92. The van der Waals surface area contributed by atoms with Crippen LogP contribution in [0, 0.1) is 5.82 Å². The highest BCUT2D eigenvalue weighted by Gasteiger charge is 2.16. The third kappa shape index (κ3) is 6.24. The summed E-state index contributed by atoms with van der Waals surface area (Å²) in [4.78, 5) is 25.4. The first kappa shape index (κ1) is 18.1. The lowest BCUT2D eigenvalue weighted by Gasteiger charge is -2.22. The number of carbonyl (C=O) groups excluding carboxylic acids is 2. The van der Waals surface area contributed by atoms with Crippen molar-refractivity contribution in [2.75, 3.05) is 20.2 Å². The van der Waals surface area contributed by atoms with Crippen molar-refractivity contribution in [1.29, 1.82) is 0 Å². The molecule has 0 saturated carbocycles. The Balaban J connectivity index is 2.67. The van der Waals surface area contributed by atoms with Crippen LogP contribution in [0.15, 0.2) is 24.3 Å². The lowest BCUT2D eigenvalue weighted by atomic mass is 10.1. The maximum atomic E-state index is 13.0. The Morgan fingerprint density at radius 2 is 1.77 bits per heavy atom. The predicted octanol–water partition coefficient (Wildman–Crippen LogP) is 3.41. The van der Waals surface area contributed by atoms with Crippen molar-refractivity contribution >= 4 is 11.9 Å². The Morgan fingerprint density at radius 3 is 2.36 bits per heavy atom. The van der Waals surface area contributed by atoms with Crippen LogP contribution in [-0.4, -0.2) is 37.0 Å². The zero-order chi connectivity index (χ0) is 16.4. The van der Waals surface area contributed by atoms with Crippen molar-refractivity contribution in [3.63, 3.8) is 0 Å². The molecule has 0 unspecified atom stereocenters. The van der Waals surface area contributed by atoms with Gasteiger partial charge in [0.25, 0.3) is 5.91 Å². The molecule has 0 aromatic heterocycles. The fraction of sp³-hybridized carbons (Fsp3) is 0.529. The lowest BCUT2D eigenvalue weighted by molar-refractivity contribution is -0.140. The number of halogens is 1. The first-order valence-electron chi connectivity index (χ1n) is 7.70. The van der Waals surface area contributed by atoms with Crippen molar-refractivity contribution in [3.05, 3.63) is 35.6 Å². The minimum atomic E-state index is -0.374. The van der Waals surface area contributed by atoms with Crippen molar-refractivity contribution in [3.8, 4) is 0 Å². The molecule has 0 bridgehead atoms. The van der Waals surface area contributed by atoms with Crippen LogP contribution >= 0.6 is 0 Å². The van der Waals surface area contributed by atoms with E-state index in [9.17, 15) is 14.0 Å². The van der Waals surface area contributed by atoms with E-state index in [0.717, 1.165) is 25.7 Å². The largest absolute Gasteiger partial charge is 0.469 e. The normalized spacial score (nSPS) is 10.3. The Hall–Kier alpha value is -1.91. The van der Waals surface area contributed by atoms with Crippen molar-refractivity contribution in [1.82, 2.24) is 4.90 Å². The number of benzene rings is 1. The van der Waals surface area contributed by atoms with Crippen LogP contribution in [0.3, 0.4) is 0 Å². The third-order valence-electron chi connectivity index (χ3n) is 3.47. The van der Waals surface area contributed by atoms with Gasteiger partial charge < -0.3 is 9.64 Å². The maximum Gasteiger partial charge on any atom is 0.307 e. The molecule has 0 atom stereocenters. The average molecular weight is 309 g/mol. The highest BCUT2D eigenvalue weighted by atomic mass is 19.1. The van der Waals surface area contributed by atoms with Crippen LogP contribution < -0.4 is 0 Å². The Labute approximate surface area is 131 Å². The number of amides is 1. The van der Waals surface area contributed by atoms with E-state index in [1.165, 1.54) is 31.4 Å². The van der Waals surface area contributed by atoms with E-state index in [0.29, 0.717) is 18.7 Å². The van der Waals surface area contributed by atoms with E-state index in [1.54, 1.807) is 4.90 Å². The van der Waals surface area contributed by atoms with Crippen LogP contribution in [0.2, 0.25) is 0 Å². The molecule has 0 heterocycles. The fourth-order valence-electron chi connectivity index (χ4n) is 2.15. The highest BCUT2D eigenvalue weighted by molar-refractivity contribution is 5.94. The van der Waals surface area contributed by atoms with Crippen molar-refractivity contribution in [2.24, 2.45) is 0 Å². The van der Waals surface area contributed by atoms with Crippen LogP contribution in [0.25, 0.3) is 0 Å². The number of methoxy groups -OCH3 is 1. The predicted molar refractivity (Wildman–Crippen MR) is 83.1 cm³/mol. The summed E-state index contributed by atoms with van der Waals surface area (Å²) in [5.74, 6) is -0.897. The van der Waals surface area contributed by atoms with Gasteiger partial charge in [-0.3, -0.25) is 9.59 Å². The number of ether oxygens (including phenoxy) is 1. The highest BCUT2D eigenvalue weighted by Crippen LogP contribution is 2.10. The molecule has 0 aliphatic carbocycles. The molecule has 0 radical (unpaired) electrons. The van der Waals surface area contributed by atoms with Crippen LogP contribution in [0.1, 0.15) is 49.4 Å². The van der Waals surface area contributed by atoms with E-state index in [2.05, 4.69) is 11.7 Å². The van der Waals surface area contributed by atoms with Gasteiger partial charge in [0.1, 0.15) is 5.82 Å². The molecule has 1 amide bonds. The zero-order valence-corrected chi connectivity index (χ0v) is 13.3. The maximum absolute atomic E-state index is 13.0. The summed E-state index contributed by atoms with van der Waals surface area (Å²) in [6.45, 7) is 3.03. The van der Waals surface area contributed by atoms with E-state index in [-0.39, 0.29) is 24.1 Å². The van der Waals surface area contributed by atoms with Crippen molar-refractivity contribution < 1.29 is 18.7 Å². The quantitative estimate of drug-likeness (QED) is 0.519. The monoisotopic (exact) mass is 309 g/mol. The minimum absolute atomic E-state index is 0.164. The standard InChI is InChI=1S/C17H24FNO3/c1-3-4-5-6-12-19(13-11-16(20)22-2)17(21)14-7-9-15(18)10-8-14/h7-10H,3-6,11-13H2,1-2H3. The van der Waals surface area contributed by atoms with Gasteiger partial charge in [0.2, 0.25) is 0 Å². The lowest BCUT2D eigenvalue weighted by Crippen LogP contribution is -2.34. The molecule has 0 aliphatic rings. The average Bonchev–Trinajstić information content (AvgIpc) is 2.54. The summed E-state index contributed by atoms with van der Waals surface area (Å²) >= 11 is 0. The number of hydrogen-bond acceptors (Lipinski definition) is 3. The van der Waals surface area contributed by atoms with Gasteiger partial charge in [-0.2, -0.15) is 0 Å². The van der Waals surface area contributed by atoms with Gasteiger partial charge in [-0.1, -0.05) is 26.2 Å². The van der Waals surface area contributed by atoms with Crippen LogP contribution in [-0.2, 0) is 9.53 Å². The summed E-state index contributed by atoms with van der Waals surface area (Å²) in [5.41, 5.74) is 0.432. The fourth-order valence-corrected chi connectivity index (χ4v) is 2.15. The zero-order valence-electron chi connectivity index (χ0n) is 13.3. The molecule has 0 saturated heterocycles. The molecule has 122 valence electrons. The molecule has 1 rings (SSSR count). The summed E-state index contributed by atoms with van der Waals surface area (Å²) in [7, 11) is 1.33. The number of nitrogens with zero attached hydrogens (tertiary/aromatic N) is 1. The Bertz CT molecular complexity index is 473. The molecule has 4 nitrogen and oxygen atoms in total. The smallest absolute Gasteiger partial charge is 0.307 e. The van der Waals surface area contributed by atoms with Gasteiger partial charge >= 0.3 is 5.97 Å². The SMILES string of the molecule is CCCCCCN(CCC(=O)OC)C(=O)c1ccc(F)cc1. The summed E-state index contributed by atoms with van der Waals surface area (Å²) in [5, 5.41) is 0. The number of esters is 1. The van der Waals surface area contributed by atoms with Crippen molar-refractivity contribution in [2.45, 2.75) is 39.0 Å². The number of unbranched alkanes of at least 4 members (excludes halogenated alkanes) is 3. The van der Waals surface area contributed by atoms with Gasteiger partial charge in [-0.25, -0.2) is 4.39 Å². The van der Waals surface area contributed by atoms with E-state index >= 15 is 0 Å². The van der Waals surface area contributed by atoms with Gasteiger partial charge in [-0.05, 0) is 30.7 Å². The summed E-state index contributed by atoms with van der Waals surface area (Å²) < 4.78 is 17.6. The molecule has 22 heavy (non-hydrogen) atoms. The summed E-state index contributed by atoms with van der Waals surface area (Å²) in [6, 6.07) is 5.47. The Kier molecular flexibility index (Phi) is 8.18. The third-order valence-corrected chi connectivity index (χ3v) is 3.47. The second-order valence-electron chi connectivity index (χ2n) is 5.19. The molecule has 0 spiro atoms. The van der Waals surface area contributed by atoms with Gasteiger partial charge in [-0.15, -0.1) is 0 Å². The van der Waals surface area contributed by atoms with Crippen LogP contribution in [0.4, 0.5) is 4.39 Å². The molecule has 5 heteroatoms. The van der Waals surface area contributed by atoms with Gasteiger partial charge in [0, 0.05) is 18.7 Å². The molecule has 0 N–H and O–H groups in total. The molecule has 0 aliphatic heterocycles. The molecular weight excluding hydrogens is 285 g/mol. The Morgan fingerprint density at radius 1 is 1.09 bits per heavy atom. The van der Waals surface area contributed by atoms with E-state index in [4.69, 9.17) is 0 Å². The summed E-state index contributed by atoms with van der Waals surface area (Å²) in [6.07, 6.45) is 4.34. The van der Waals surface area contributed by atoms with Crippen LogP contribution in [0.5, 0.6) is 0 Å². The number of carbonyl (C=O) groups is 2. The molecular formula is C17H24FNO3. The topological polar surface area (TPSA) is 46.6 Å². The molecule has 0 fully saturated rings.